The first-order valence-corrected chi connectivity index (χ1v) is 7.07. The molecule has 1 saturated carbocycles. The van der Waals surface area contributed by atoms with Gasteiger partial charge < -0.3 is 9.88 Å². The van der Waals surface area contributed by atoms with Gasteiger partial charge in [-0.2, -0.15) is 0 Å². The lowest BCUT2D eigenvalue weighted by Gasteiger charge is -2.42. The van der Waals surface area contributed by atoms with Crippen LogP contribution in [0.4, 0.5) is 0 Å². The molecular formula is C15H24N2O. The van der Waals surface area contributed by atoms with Gasteiger partial charge in [-0.05, 0) is 43.7 Å². The standard InChI is InChI=1S/C15H24N2O/c1-3-7-15(8-6-9-15)12-16-14(18)13(2)17-10-4-5-11-17/h4-5,10-11,13H,3,6-9,12H2,1-2H3,(H,16,18). The zero-order valence-electron chi connectivity index (χ0n) is 11.5. The van der Waals surface area contributed by atoms with E-state index in [1.165, 1.54) is 32.1 Å². The molecule has 1 atom stereocenters. The molecular weight excluding hydrogens is 224 g/mol. The van der Waals surface area contributed by atoms with Gasteiger partial charge in [-0.3, -0.25) is 4.79 Å². The van der Waals surface area contributed by atoms with Crippen molar-refractivity contribution in [2.24, 2.45) is 5.41 Å². The molecule has 0 aliphatic heterocycles. The summed E-state index contributed by atoms with van der Waals surface area (Å²) in [5, 5.41) is 3.14. The second-order valence-corrected chi connectivity index (χ2v) is 5.63. The quantitative estimate of drug-likeness (QED) is 0.824. The number of amides is 1. The van der Waals surface area contributed by atoms with Crippen molar-refractivity contribution in [3.05, 3.63) is 24.5 Å². The van der Waals surface area contributed by atoms with Crippen LogP contribution in [0.5, 0.6) is 0 Å². The van der Waals surface area contributed by atoms with Crippen LogP contribution in [0.15, 0.2) is 24.5 Å². The van der Waals surface area contributed by atoms with Crippen molar-refractivity contribution in [2.75, 3.05) is 6.54 Å². The smallest absolute Gasteiger partial charge is 0.242 e. The molecule has 1 aliphatic rings. The Balaban J connectivity index is 1.84. The van der Waals surface area contributed by atoms with Gasteiger partial charge in [0.25, 0.3) is 0 Å². The Morgan fingerprint density at radius 2 is 2.06 bits per heavy atom. The summed E-state index contributed by atoms with van der Waals surface area (Å²) in [5.41, 5.74) is 0.404. The first-order valence-electron chi connectivity index (χ1n) is 7.07. The highest BCUT2D eigenvalue weighted by Crippen LogP contribution is 2.44. The zero-order valence-corrected chi connectivity index (χ0v) is 11.5. The molecule has 100 valence electrons. The minimum absolute atomic E-state index is 0.112. The Morgan fingerprint density at radius 1 is 1.39 bits per heavy atom. The summed E-state index contributed by atoms with van der Waals surface area (Å²) in [6.45, 7) is 5.03. The molecule has 0 saturated heterocycles. The molecule has 1 aliphatic carbocycles. The van der Waals surface area contributed by atoms with Crippen LogP contribution < -0.4 is 5.32 Å². The van der Waals surface area contributed by atoms with E-state index in [0.717, 1.165) is 6.54 Å². The maximum absolute atomic E-state index is 12.1. The van der Waals surface area contributed by atoms with Gasteiger partial charge in [0.2, 0.25) is 5.91 Å². The lowest BCUT2D eigenvalue weighted by atomic mass is 9.66. The first-order chi connectivity index (χ1) is 8.67. The van der Waals surface area contributed by atoms with E-state index in [1.54, 1.807) is 0 Å². The lowest BCUT2D eigenvalue weighted by Crippen LogP contribution is -2.43. The molecule has 1 unspecified atom stereocenters. The van der Waals surface area contributed by atoms with Crippen LogP contribution in [-0.2, 0) is 4.79 Å². The number of nitrogens with one attached hydrogen (secondary N) is 1. The molecule has 0 spiro atoms. The number of carbonyl (C=O) groups excluding carboxylic acids is 1. The van der Waals surface area contributed by atoms with E-state index in [-0.39, 0.29) is 11.9 Å². The molecule has 3 nitrogen and oxygen atoms in total. The van der Waals surface area contributed by atoms with Gasteiger partial charge in [0.1, 0.15) is 6.04 Å². The predicted octanol–water partition coefficient (Wildman–Crippen LogP) is 3.14. The molecule has 1 amide bonds. The third-order valence-corrected chi connectivity index (χ3v) is 4.29. The van der Waals surface area contributed by atoms with Crippen LogP contribution in [0.25, 0.3) is 0 Å². The lowest BCUT2D eigenvalue weighted by molar-refractivity contribution is -0.124. The first kappa shape index (κ1) is 13.2. The fraction of sp³-hybridized carbons (Fsp3) is 0.667. The van der Waals surface area contributed by atoms with Crippen molar-refractivity contribution < 1.29 is 4.79 Å². The molecule has 1 aromatic rings. The largest absolute Gasteiger partial charge is 0.354 e. The van der Waals surface area contributed by atoms with Crippen molar-refractivity contribution in [1.82, 2.24) is 9.88 Å². The number of hydrogen-bond acceptors (Lipinski definition) is 1. The van der Waals surface area contributed by atoms with Gasteiger partial charge in [-0.15, -0.1) is 0 Å². The molecule has 0 radical (unpaired) electrons. The highest BCUT2D eigenvalue weighted by Gasteiger charge is 2.36. The normalized spacial score (nSPS) is 19.0. The van der Waals surface area contributed by atoms with Crippen LogP contribution >= 0.6 is 0 Å². The van der Waals surface area contributed by atoms with E-state index in [4.69, 9.17) is 0 Å². The topological polar surface area (TPSA) is 34.0 Å². The van der Waals surface area contributed by atoms with Crippen molar-refractivity contribution in [1.29, 1.82) is 0 Å². The Morgan fingerprint density at radius 3 is 2.56 bits per heavy atom. The Bertz CT molecular complexity index is 379. The van der Waals surface area contributed by atoms with E-state index in [1.807, 2.05) is 36.0 Å². The third-order valence-electron chi connectivity index (χ3n) is 4.29. The zero-order chi connectivity index (χ0) is 13.0. The van der Waals surface area contributed by atoms with Crippen LogP contribution in [0.3, 0.4) is 0 Å². The number of aromatic nitrogens is 1. The van der Waals surface area contributed by atoms with Crippen LogP contribution in [0, 0.1) is 5.41 Å². The Hall–Kier alpha value is -1.25. The summed E-state index contributed by atoms with van der Waals surface area (Å²) in [6.07, 6.45) is 10.2. The number of hydrogen-bond donors (Lipinski definition) is 1. The molecule has 0 aromatic carbocycles. The highest BCUT2D eigenvalue weighted by atomic mass is 16.2. The van der Waals surface area contributed by atoms with Gasteiger partial charge in [0, 0.05) is 18.9 Å². The Kier molecular flexibility index (Phi) is 4.10. The average Bonchev–Trinajstić information content (AvgIpc) is 2.84. The van der Waals surface area contributed by atoms with Gasteiger partial charge in [-0.25, -0.2) is 0 Å². The summed E-state index contributed by atoms with van der Waals surface area (Å²) < 4.78 is 1.95. The second-order valence-electron chi connectivity index (χ2n) is 5.63. The van der Waals surface area contributed by atoms with Crippen molar-refractivity contribution in [3.63, 3.8) is 0 Å². The number of carbonyl (C=O) groups is 1. The molecule has 18 heavy (non-hydrogen) atoms. The minimum atomic E-state index is -0.112. The van der Waals surface area contributed by atoms with E-state index in [9.17, 15) is 4.79 Å². The SMILES string of the molecule is CCCC1(CNC(=O)C(C)n2cccc2)CCC1. The van der Waals surface area contributed by atoms with E-state index < -0.39 is 0 Å². The summed E-state index contributed by atoms with van der Waals surface area (Å²) in [4.78, 5) is 12.1. The highest BCUT2D eigenvalue weighted by molar-refractivity contribution is 5.79. The fourth-order valence-electron chi connectivity index (χ4n) is 2.89. The van der Waals surface area contributed by atoms with E-state index in [0.29, 0.717) is 5.41 Å². The predicted molar refractivity (Wildman–Crippen MR) is 73.3 cm³/mol. The molecule has 1 N–H and O–H groups in total. The monoisotopic (exact) mass is 248 g/mol. The van der Waals surface area contributed by atoms with E-state index in [2.05, 4.69) is 12.2 Å². The van der Waals surface area contributed by atoms with Crippen LogP contribution in [0.2, 0.25) is 0 Å². The molecule has 1 fully saturated rings. The molecule has 1 aromatic heterocycles. The maximum Gasteiger partial charge on any atom is 0.242 e. The van der Waals surface area contributed by atoms with Gasteiger partial charge in [-0.1, -0.05) is 19.8 Å². The average molecular weight is 248 g/mol. The number of rotatable bonds is 6. The Labute approximate surface area is 110 Å². The van der Waals surface area contributed by atoms with Crippen LogP contribution in [-0.4, -0.2) is 17.0 Å². The third kappa shape index (κ3) is 2.77. The molecule has 2 rings (SSSR count). The molecule has 0 bridgehead atoms. The number of nitrogens with zero attached hydrogens (tertiary/aromatic N) is 1. The van der Waals surface area contributed by atoms with Crippen molar-refractivity contribution in [3.8, 4) is 0 Å². The van der Waals surface area contributed by atoms with Gasteiger partial charge in [0.05, 0.1) is 0 Å². The second kappa shape index (κ2) is 5.59. The maximum atomic E-state index is 12.1. The van der Waals surface area contributed by atoms with Gasteiger partial charge in [0.15, 0.2) is 0 Å². The summed E-state index contributed by atoms with van der Waals surface area (Å²) in [5.74, 6) is 0.133. The van der Waals surface area contributed by atoms with Crippen LogP contribution in [0.1, 0.15) is 52.0 Å². The van der Waals surface area contributed by atoms with Crippen molar-refractivity contribution >= 4 is 5.91 Å². The van der Waals surface area contributed by atoms with Gasteiger partial charge >= 0.3 is 0 Å². The summed E-state index contributed by atoms with van der Waals surface area (Å²) in [6, 6.07) is 3.79. The minimum Gasteiger partial charge on any atom is -0.354 e. The van der Waals surface area contributed by atoms with E-state index >= 15 is 0 Å². The molecule has 1 heterocycles. The summed E-state index contributed by atoms with van der Waals surface area (Å²) >= 11 is 0. The summed E-state index contributed by atoms with van der Waals surface area (Å²) in [7, 11) is 0. The van der Waals surface area contributed by atoms with Crippen molar-refractivity contribution in [2.45, 2.75) is 52.0 Å². The molecule has 3 heteroatoms. The fourth-order valence-corrected chi connectivity index (χ4v) is 2.89.